The predicted octanol–water partition coefficient (Wildman–Crippen LogP) is 12.7. The zero-order chi connectivity index (χ0) is 35.6. The maximum Gasteiger partial charge on any atom is 0.0522 e. The van der Waals surface area contributed by atoms with Crippen molar-refractivity contribution < 1.29 is 0 Å². The zero-order valence-electron chi connectivity index (χ0n) is 31.8. The zero-order valence-corrected chi connectivity index (χ0v) is 31.8. The molecule has 1 N–H and O–H groups in total. The van der Waals surface area contributed by atoms with Crippen molar-refractivity contribution in [2.45, 2.75) is 91.4 Å². The number of fused-ring (bicyclic) bond motifs is 1. The lowest BCUT2D eigenvalue weighted by Crippen LogP contribution is -2.62. The summed E-state index contributed by atoms with van der Waals surface area (Å²) in [6.07, 6.45) is 32.6. The number of nitrogens with zero attached hydrogens (tertiary/aromatic N) is 2. The molecule has 1 spiro atoms. The predicted molar refractivity (Wildman–Crippen MR) is 220 cm³/mol. The Morgan fingerprint density at radius 1 is 0.940 bits per heavy atom. The normalized spacial score (nSPS) is 21.0. The number of hydrogen-bond donors (Lipinski definition) is 1. The molecule has 3 heteroatoms. The van der Waals surface area contributed by atoms with Crippen molar-refractivity contribution in [3.8, 4) is 0 Å². The van der Waals surface area contributed by atoms with Crippen molar-refractivity contribution in [2.75, 3.05) is 37.0 Å². The first kappa shape index (κ1) is 39.0. The average Bonchev–Trinajstić information content (AvgIpc) is 3.72. The summed E-state index contributed by atoms with van der Waals surface area (Å²) in [4.78, 5) is 0. The van der Waals surface area contributed by atoms with Crippen molar-refractivity contribution in [3.05, 3.63) is 145 Å². The van der Waals surface area contributed by atoms with Crippen LogP contribution in [0.2, 0.25) is 0 Å². The summed E-state index contributed by atoms with van der Waals surface area (Å²) in [6, 6.07) is 20.8. The highest BCUT2D eigenvalue weighted by Crippen LogP contribution is 2.48. The number of unbranched alkanes of at least 4 members (excludes halogenated alkanes) is 2. The molecule has 1 saturated heterocycles. The smallest absolute Gasteiger partial charge is 0.0522 e. The standard InChI is InChI=1S/C19H22N2.C12H20.C9H14.C7H9N/c1-2-21(17-9-4-3-5-10-17)20-14-19(15-20)13-12-16-8-6-7-11-18(16)19;1-4-10-7-8-12(9-10)11(5-2)6-3;1-2-3-4-5-6-9-7-8-9;1-8-7-5-3-2-4-6-7/h3-5,7,9-13H,2,6,8,14-15H2,1H3;5-6,10,12H,2,4,7-9H2,1,3H3;2,6H,1,3-5,7-8H2;2-6,8H,1H3/b;11-6+;;. The SMILES string of the molecule is C=C/C(=C\C)C1CCC(CC)C1.C=CCCCC=C1CC1.CCN(c1ccccc1)N1CC2(C=CC3=C2C=CCC3)C1.CNc1ccccc1. The van der Waals surface area contributed by atoms with Gasteiger partial charge >= 0.3 is 0 Å². The molecule has 2 aromatic carbocycles. The van der Waals surface area contributed by atoms with Gasteiger partial charge in [-0.2, -0.15) is 0 Å². The van der Waals surface area contributed by atoms with Gasteiger partial charge in [0.25, 0.3) is 0 Å². The Hall–Kier alpha value is -3.82. The van der Waals surface area contributed by atoms with Gasteiger partial charge < -0.3 is 10.3 Å². The van der Waals surface area contributed by atoms with Crippen molar-refractivity contribution in [1.29, 1.82) is 0 Å². The maximum absolute atomic E-state index is 3.86. The van der Waals surface area contributed by atoms with Crippen LogP contribution in [0.25, 0.3) is 0 Å². The molecule has 268 valence electrons. The molecule has 3 fully saturated rings. The fraction of sp³-hybridized carbons (Fsp3) is 0.447. The first-order valence-electron chi connectivity index (χ1n) is 19.5. The van der Waals surface area contributed by atoms with Crippen LogP contribution in [-0.2, 0) is 0 Å². The summed E-state index contributed by atoms with van der Waals surface area (Å²) in [5.74, 6) is 1.79. The Morgan fingerprint density at radius 3 is 2.22 bits per heavy atom. The molecule has 2 unspecified atom stereocenters. The molecule has 2 aromatic rings. The van der Waals surface area contributed by atoms with Gasteiger partial charge in [-0.15, -0.1) is 6.58 Å². The Morgan fingerprint density at radius 2 is 1.66 bits per heavy atom. The average molecular weight is 672 g/mol. The van der Waals surface area contributed by atoms with Gasteiger partial charge in [-0.1, -0.05) is 111 Å². The molecule has 0 aromatic heterocycles. The second-order valence-electron chi connectivity index (χ2n) is 14.2. The number of nitrogens with one attached hydrogen (secondary N) is 1. The van der Waals surface area contributed by atoms with E-state index >= 15 is 0 Å². The van der Waals surface area contributed by atoms with E-state index in [0.29, 0.717) is 0 Å². The van der Waals surface area contributed by atoms with E-state index in [0.717, 1.165) is 37.2 Å². The molecule has 4 aliphatic carbocycles. The summed E-state index contributed by atoms with van der Waals surface area (Å²) < 4.78 is 0. The van der Waals surface area contributed by atoms with Crippen LogP contribution in [0.3, 0.4) is 0 Å². The molecular formula is C47H65N3. The number of rotatable bonds is 11. The van der Waals surface area contributed by atoms with Gasteiger partial charge in [0.1, 0.15) is 0 Å². The van der Waals surface area contributed by atoms with E-state index in [9.17, 15) is 0 Å². The highest BCUT2D eigenvalue weighted by molar-refractivity contribution is 5.53. The molecule has 1 aliphatic heterocycles. The van der Waals surface area contributed by atoms with Crippen LogP contribution >= 0.6 is 0 Å². The van der Waals surface area contributed by atoms with E-state index in [1.807, 2.05) is 49.5 Å². The fourth-order valence-electron chi connectivity index (χ4n) is 7.61. The number of anilines is 2. The Bertz CT molecular complexity index is 1460. The topological polar surface area (TPSA) is 18.5 Å². The van der Waals surface area contributed by atoms with Crippen LogP contribution in [0.5, 0.6) is 0 Å². The van der Waals surface area contributed by atoms with Crippen LogP contribution in [0.1, 0.15) is 91.4 Å². The lowest BCUT2D eigenvalue weighted by atomic mass is 9.74. The third-order valence-electron chi connectivity index (χ3n) is 10.8. The van der Waals surface area contributed by atoms with Crippen LogP contribution in [0, 0.1) is 17.3 Å². The molecule has 1 heterocycles. The van der Waals surface area contributed by atoms with Crippen LogP contribution in [-0.4, -0.2) is 31.7 Å². The lowest BCUT2D eigenvalue weighted by Gasteiger charge is -2.53. The van der Waals surface area contributed by atoms with Crippen molar-refractivity contribution in [2.24, 2.45) is 17.3 Å². The number of para-hydroxylation sites is 2. The highest BCUT2D eigenvalue weighted by Gasteiger charge is 2.48. The molecule has 2 atom stereocenters. The number of benzene rings is 2. The first-order chi connectivity index (χ1) is 24.5. The minimum absolute atomic E-state index is 0.286. The summed E-state index contributed by atoms with van der Waals surface area (Å²) in [5.41, 5.74) is 9.02. The van der Waals surface area contributed by atoms with Crippen LogP contribution < -0.4 is 10.3 Å². The summed E-state index contributed by atoms with van der Waals surface area (Å²) in [5, 5.41) is 7.92. The van der Waals surface area contributed by atoms with E-state index in [1.165, 1.54) is 81.9 Å². The molecule has 0 radical (unpaired) electrons. The number of hydrogen-bond acceptors (Lipinski definition) is 3. The largest absolute Gasteiger partial charge is 0.388 e. The second kappa shape index (κ2) is 20.8. The molecule has 0 bridgehead atoms. The third-order valence-corrected chi connectivity index (χ3v) is 10.8. The number of allylic oxidation sites excluding steroid dienone is 10. The van der Waals surface area contributed by atoms with Gasteiger partial charge in [-0.3, -0.25) is 0 Å². The molecule has 0 amide bonds. The minimum atomic E-state index is 0.286. The van der Waals surface area contributed by atoms with Crippen molar-refractivity contribution >= 4 is 11.4 Å². The van der Waals surface area contributed by atoms with Crippen molar-refractivity contribution in [3.63, 3.8) is 0 Å². The Labute approximate surface area is 305 Å². The summed E-state index contributed by atoms with van der Waals surface area (Å²) in [6.45, 7) is 17.4. The third kappa shape index (κ3) is 11.4. The molecule has 3 nitrogen and oxygen atoms in total. The van der Waals surface area contributed by atoms with E-state index in [2.05, 4.69) is 116 Å². The molecule has 50 heavy (non-hydrogen) atoms. The van der Waals surface area contributed by atoms with E-state index in [4.69, 9.17) is 0 Å². The maximum atomic E-state index is 3.86. The minimum Gasteiger partial charge on any atom is -0.388 e. The van der Waals surface area contributed by atoms with E-state index in [-0.39, 0.29) is 5.41 Å². The highest BCUT2D eigenvalue weighted by atomic mass is 15.7. The van der Waals surface area contributed by atoms with Crippen LogP contribution in [0.4, 0.5) is 11.4 Å². The first-order valence-corrected chi connectivity index (χ1v) is 19.5. The number of hydrazine groups is 1. The molecule has 2 saturated carbocycles. The van der Waals surface area contributed by atoms with Gasteiger partial charge in [-0.05, 0) is 131 Å². The Kier molecular flexibility index (Phi) is 16.2. The lowest BCUT2D eigenvalue weighted by molar-refractivity contribution is 0.0594. The Balaban J connectivity index is 0.000000165. The van der Waals surface area contributed by atoms with Crippen molar-refractivity contribution in [1.82, 2.24) is 5.01 Å². The van der Waals surface area contributed by atoms with E-state index in [1.54, 1.807) is 16.7 Å². The van der Waals surface area contributed by atoms with Gasteiger partial charge in [0.05, 0.1) is 5.69 Å². The molecular weight excluding hydrogens is 607 g/mol. The summed E-state index contributed by atoms with van der Waals surface area (Å²) in [7, 11) is 1.91. The second-order valence-corrected chi connectivity index (χ2v) is 14.2. The van der Waals surface area contributed by atoms with Gasteiger partial charge in [0, 0.05) is 37.8 Å². The van der Waals surface area contributed by atoms with Gasteiger partial charge in [0.2, 0.25) is 0 Å². The van der Waals surface area contributed by atoms with Gasteiger partial charge in [-0.25, -0.2) is 5.01 Å². The molecule has 5 aliphatic rings. The summed E-state index contributed by atoms with van der Waals surface area (Å²) >= 11 is 0. The molecule has 7 rings (SSSR count). The van der Waals surface area contributed by atoms with E-state index < -0.39 is 0 Å². The fourth-order valence-corrected chi connectivity index (χ4v) is 7.61. The van der Waals surface area contributed by atoms with Gasteiger partial charge in [0.15, 0.2) is 0 Å². The van der Waals surface area contributed by atoms with Crippen LogP contribution in [0.15, 0.2) is 145 Å². The quantitative estimate of drug-likeness (QED) is 0.146. The monoisotopic (exact) mass is 672 g/mol.